The number of benzene rings is 2. The fraction of sp³-hybridized carbons (Fsp3) is 0.273. The van der Waals surface area contributed by atoms with Gasteiger partial charge in [-0.2, -0.15) is 0 Å². The fourth-order valence-corrected chi connectivity index (χ4v) is 2.55. The molecule has 0 aliphatic carbocycles. The maximum absolute atomic E-state index is 8.56. The van der Waals surface area contributed by atoms with Crippen LogP contribution in [-0.2, 0) is 20.1 Å². The van der Waals surface area contributed by atoms with Crippen LogP contribution in [0.3, 0.4) is 0 Å². The van der Waals surface area contributed by atoms with E-state index in [9.17, 15) is 0 Å². The number of aryl methyl sites for hydroxylation is 1. The summed E-state index contributed by atoms with van der Waals surface area (Å²) in [6.07, 6.45) is 3.14. The molecule has 2 atom stereocenters. The number of aliphatic hydroxyl groups excluding tert-OH is 2. The average Bonchev–Trinajstić information content (AvgIpc) is 2.62. The molecule has 2 unspecified atom stereocenters. The second kappa shape index (κ2) is 11.7. The molecular weight excluding hydrogens is 516 g/mol. The second-order valence-corrected chi connectivity index (χ2v) is 6.28. The number of hydrogen-bond donors (Lipinski definition) is 2. The standard InChI is InChI=1S/C17H13N2.C5H12O2.Ir/c1-13-17(19-12-11-18-13)16-9-7-15(8-10-16)14-5-3-2-4-6-14;1-4(6)3-5(2)7;/h2-9,11-12H,1H3;4-7H,3H2,1-2H3;/q-1;;. The van der Waals surface area contributed by atoms with Gasteiger partial charge in [0.2, 0.25) is 0 Å². The molecule has 2 aromatic carbocycles. The van der Waals surface area contributed by atoms with E-state index in [0.29, 0.717) is 6.42 Å². The van der Waals surface area contributed by atoms with Crippen LogP contribution in [0.5, 0.6) is 0 Å². The molecular formula is C22H25IrN2O2-. The van der Waals surface area contributed by atoms with Gasteiger partial charge in [0.25, 0.3) is 0 Å². The third kappa shape index (κ3) is 7.69. The van der Waals surface area contributed by atoms with Crippen molar-refractivity contribution in [1.82, 2.24) is 9.97 Å². The average molecular weight is 542 g/mol. The fourth-order valence-electron chi connectivity index (χ4n) is 2.55. The van der Waals surface area contributed by atoms with Gasteiger partial charge in [0.15, 0.2) is 0 Å². The van der Waals surface area contributed by atoms with Crippen molar-refractivity contribution in [3.8, 4) is 22.4 Å². The van der Waals surface area contributed by atoms with Crippen molar-refractivity contribution in [2.24, 2.45) is 0 Å². The molecule has 5 heteroatoms. The molecule has 145 valence electrons. The van der Waals surface area contributed by atoms with Crippen LogP contribution in [0.1, 0.15) is 26.0 Å². The van der Waals surface area contributed by atoms with Crippen molar-refractivity contribution in [3.63, 3.8) is 0 Å². The van der Waals surface area contributed by atoms with Crippen molar-refractivity contribution in [1.29, 1.82) is 0 Å². The Hall–Kier alpha value is -1.91. The number of aromatic nitrogens is 2. The van der Waals surface area contributed by atoms with Crippen LogP contribution in [0.25, 0.3) is 22.4 Å². The van der Waals surface area contributed by atoms with E-state index in [1.165, 1.54) is 5.56 Å². The van der Waals surface area contributed by atoms with Crippen LogP contribution >= 0.6 is 0 Å². The first-order chi connectivity index (χ1) is 12.5. The van der Waals surface area contributed by atoms with Gasteiger partial charge in [0, 0.05) is 43.9 Å². The van der Waals surface area contributed by atoms with Crippen LogP contribution in [0.4, 0.5) is 0 Å². The molecule has 1 radical (unpaired) electrons. The van der Waals surface area contributed by atoms with Gasteiger partial charge in [-0.1, -0.05) is 41.5 Å². The molecule has 4 nitrogen and oxygen atoms in total. The Kier molecular flexibility index (Phi) is 10.0. The topological polar surface area (TPSA) is 66.2 Å². The molecule has 1 aromatic heterocycles. The summed E-state index contributed by atoms with van der Waals surface area (Å²) in [4.78, 5) is 8.61. The van der Waals surface area contributed by atoms with E-state index in [0.717, 1.165) is 22.5 Å². The quantitative estimate of drug-likeness (QED) is 0.489. The summed E-state index contributed by atoms with van der Waals surface area (Å²) in [6, 6.07) is 19.7. The number of aliphatic hydroxyl groups is 2. The minimum absolute atomic E-state index is 0. The minimum Gasteiger partial charge on any atom is -0.393 e. The van der Waals surface area contributed by atoms with Gasteiger partial charge in [0.1, 0.15) is 0 Å². The third-order valence-corrected chi connectivity index (χ3v) is 3.74. The summed E-state index contributed by atoms with van der Waals surface area (Å²) < 4.78 is 0. The molecule has 0 saturated heterocycles. The molecule has 2 N–H and O–H groups in total. The van der Waals surface area contributed by atoms with Gasteiger partial charge in [-0.05, 0) is 27.2 Å². The summed E-state index contributed by atoms with van der Waals surface area (Å²) in [5.41, 5.74) is 5.14. The van der Waals surface area contributed by atoms with E-state index in [1.54, 1.807) is 26.2 Å². The zero-order valence-electron chi connectivity index (χ0n) is 15.8. The zero-order chi connectivity index (χ0) is 18.9. The van der Waals surface area contributed by atoms with Gasteiger partial charge >= 0.3 is 0 Å². The van der Waals surface area contributed by atoms with Crippen molar-refractivity contribution in [3.05, 3.63) is 72.7 Å². The van der Waals surface area contributed by atoms with Crippen molar-refractivity contribution in [2.75, 3.05) is 0 Å². The van der Waals surface area contributed by atoms with E-state index >= 15 is 0 Å². The third-order valence-electron chi connectivity index (χ3n) is 3.74. The van der Waals surface area contributed by atoms with E-state index in [4.69, 9.17) is 10.2 Å². The SMILES string of the molecule is CC(O)CC(C)O.Cc1nccnc1-c1[c-]cc(-c2ccccc2)cc1.[Ir]. The largest absolute Gasteiger partial charge is 0.393 e. The van der Waals surface area contributed by atoms with Crippen LogP contribution in [-0.4, -0.2) is 32.4 Å². The second-order valence-electron chi connectivity index (χ2n) is 6.28. The van der Waals surface area contributed by atoms with Gasteiger partial charge in [-0.15, -0.1) is 29.8 Å². The predicted octanol–water partition coefficient (Wildman–Crippen LogP) is 4.05. The zero-order valence-corrected chi connectivity index (χ0v) is 18.2. The van der Waals surface area contributed by atoms with Crippen molar-refractivity contribution < 1.29 is 30.3 Å². The Morgan fingerprint density at radius 2 is 1.52 bits per heavy atom. The maximum Gasteiger partial charge on any atom is 0.0536 e. The summed E-state index contributed by atoms with van der Waals surface area (Å²) in [6.45, 7) is 5.28. The summed E-state index contributed by atoms with van der Waals surface area (Å²) in [5, 5.41) is 17.1. The Balaban J connectivity index is 0.000000395. The summed E-state index contributed by atoms with van der Waals surface area (Å²) in [7, 11) is 0. The van der Waals surface area contributed by atoms with Gasteiger partial charge in [0.05, 0.1) is 12.2 Å². The van der Waals surface area contributed by atoms with Crippen LogP contribution < -0.4 is 0 Å². The molecule has 0 aliphatic heterocycles. The summed E-state index contributed by atoms with van der Waals surface area (Å²) in [5.74, 6) is 0. The maximum atomic E-state index is 8.56. The molecule has 0 fully saturated rings. The summed E-state index contributed by atoms with van der Waals surface area (Å²) >= 11 is 0. The van der Waals surface area contributed by atoms with E-state index in [-0.39, 0.29) is 32.3 Å². The van der Waals surface area contributed by atoms with Crippen LogP contribution in [0.2, 0.25) is 0 Å². The van der Waals surface area contributed by atoms with Gasteiger partial charge in [-0.3, -0.25) is 4.98 Å². The van der Waals surface area contributed by atoms with Crippen LogP contribution in [0.15, 0.2) is 60.9 Å². The smallest absolute Gasteiger partial charge is 0.0536 e. The Morgan fingerprint density at radius 1 is 0.889 bits per heavy atom. The van der Waals surface area contributed by atoms with E-state index in [2.05, 4.69) is 34.2 Å². The Bertz CT molecular complexity index is 785. The van der Waals surface area contributed by atoms with Gasteiger partial charge < -0.3 is 15.2 Å². The Labute approximate surface area is 174 Å². The number of nitrogens with zero attached hydrogens (tertiary/aromatic N) is 2. The molecule has 0 bridgehead atoms. The Morgan fingerprint density at radius 3 is 2.00 bits per heavy atom. The first-order valence-corrected chi connectivity index (χ1v) is 8.68. The molecule has 0 amide bonds. The molecule has 27 heavy (non-hydrogen) atoms. The normalized spacial score (nSPS) is 12.2. The molecule has 0 saturated carbocycles. The molecule has 3 aromatic rings. The van der Waals surface area contributed by atoms with E-state index < -0.39 is 0 Å². The molecule has 1 heterocycles. The van der Waals surface area contributed by atoms with Crippen molar-refractivity contribution in [2.45, 2.75) is 39.4 Å². The molecule has 0 aliphatic rings. The first-order valence-electron chi connectivity index (χ1n) is 8.68. The van der Waals surface area contributed by atoms with Crippen LogP contribution in [0, 0.1) is 13.0 Å². The van der Waals surface area contributed by atoms with Crippen molar-refractivity contribution >= 4 is 0 Å². The number of rotatable bonds is 4. The minimum atomic E-state index is -0.375. The molecule has 3 rings (SSSR count). The first kappa shape index (κ1) is 23.1. The predicted molar refractivity (Wildman–Crippen MR) is 104 cm³/mol. The molecule has 0 spiro atoms. The number of hydrogen-bond acceptors (Lipinski definition) is 4. The monoisotopic (exact) mass is 542 g/mol. The van der Waals surface area contributed by atoms with E-state index in [1.807, 2.05) is 37.3 Å². The van der Waals surface area contributed by atoms with Gasteiger partial charge in [-0.25, -0.2) is 0 Å².